The van der Waals surface area contributed by atoms with Gasteiger partial charge in [0.05, 0.1) is 17.2 Å². The van der Waals surface area contributed by atoms with E-state index in [9.17, 15) is 39.9 Å². The van der Waals surface area contributed by atoms with Gasteiger partial charge in [-0.3, -0.25) is 14.4 Å². The molecule has 30 heavy (non-hydrogen) atoms. The maximum atomic E-state index is 13.4. The Labute approximate surface area is 169 Å². The Balaban J connectivity index is 2.04. The van der Waals surface area contributed by atoms with Gasteiger partial charge in [-0.2, -0.15) is 0 Å². The second kappa shape index (κ2) is 5.91. The van der Waals surface area contributed by atoms with Crippen molar-refractivity contribution in [3.63, 3.8) is 0 Å². The lowest BCUT2D eigenvalue weighted by Crippen LogP contribution is -2.66. The number of aliphatic hydroxyl groups excluding tert-OH is 2. The number of phenols is 1. The zero-order valence-electron chi connectivity index (χ0n) is 15.8. The number of phenolic OH excluding ortho intramolecular Hbond substituents is 1. The van der Waals surface area contributed by atoms with Crippen LogP contribution in [0.4, 0.5) is 0 Å². The molecule has 1 amide bonds. The monoisotopic (exact) mass is 416 g/mol. The summed E-state index contributed by atoms with van der Waals surface area (Å²) < 4.78 is 0. The molecule has 5 atom stereocenters. The standard InChI is InChI=1S/C20H20N2O8/c1-19(29)6-3-2-4-9(23)10(6)14(24)11-7(19)5-8-13(21)15(25)12(18(22)28)17(27)20(8,30)16(11)26/h2-4,7-8,13,23-24,27,29-30H,5,21H2,1H3,(H2,22,28)/t7-,8-,13-,19?,20-/m1/s1. The number of amides is 1. The molecule has 3 aliphatic rings. The molecule has 0 radical (unpaired) electrons. The van der Waals surface area contributed by atoms with Crippen molar-refractivity contribution in [2.45, 2.75) is 30.6 Å². The van der Waals surface area contributed by atoms with Crippen LogP contribution in [0.25, 0.3) is 5.76 Å². The molecule has 10 nitrogen and oxygen atoms in total. The summed E-state index contributed by atoms with van der Waals surface area (Å²) in [5.41, 5.74) is 4.95. The predicted molar refractivity (Wildman–Crippen MR) is 101 cm³/mol. The second-order valence-electron chi connectivity index (χ2n) is 8.08. The van der Waals surface area contributed by atoms with Crippen LogP contribution >= 0.6 is 0 Å². The maximum absolute atomic E-state index is 13.4. The van der Waals surface area contributed by atoms with Gasteiger partial charge < -0.3 is 37.0 Å². The van der Waals surface area contributed by atoms with E-state index in [2.05, 4.69) is 0 Å². The molecule has 0 aromatic heterocycles. The van der Waals surface area contributed by atoms with Gasteiger partial charge in [-0.15, -0.1) is 0 Å². The Morgan fingerprint density at radius 3 is 2.40 bits per heavy atom. The fourth-order valence-electron chi connectivity index (χ4n) is 4.97. The summed E-state index contributed by atoms with van der Waals surface area (Å²) in [7, 11) is 0. The van der Waals surface area contributed by atoms with Gasteiger partial charge in [-0.1, -0.05) is 12.1 Å². The molecule has 1 aromatic rings. The predicted octanol–water partition coefficient (Wildman–Crippen LogP) is -0.974. The number of benzene rings is 1. The SMILES string of the molecule is CC1(O)c2cccc(O)c2C(O)=C2C(=O)[C@@]3(O)C(O)=C(C(N)=O)C(=O)[C@H](N)[C@H]3C[C@H]21. The van der Waals surface area contributed by atoms with Gasteiger partial charge in [-0.05, 0) is 25.0 Å². The van der Waals surface area contributed by atoms with E-state index in [1.165, 1.54) is 25.1 Å². The molecule has 0 spiro atoms. The number of rotatable bonds is 1. The van der Waals surface area contributed by atoms with Crippen molar-refractivity contribution in [2.75, 3.05) is 0 Å². The minimum atomic E-state index is -2.81. The number of Topliss-reactive ketones (excluding diaryl/α,β-unsaturated/α-hetero) is 2. The average molecular weight is 416 g/mol. The Morgan fingerprint density at radius 2 is 1.80 bits per heavy atom. The molecule has 3 aliphatic carbocycles. The van der Waals surface area contributed by atoms with Crippen molar-refractivity contribution in [2.24, 2.45) is 23.3 Å². The van der Waals surface area contributed by atoms with E-state index in [1.54, 1.807) is 0 Å². The summed E-state index contributed by atoms with van der Waals surface area (Å²) in [6, 6.07) is 2.59. The number of fused-ring (bicyclic) bond motifs is 3. The summed E-state index contributed by atoms with van der Waals surface area (Å²) in [6.07, 6.45) is -0.285. The van der Waals surface area contributed by atoms with Crippen molar-refractivity contribution in [1.82, 2.24) is 0 Å². The van der Waals surface area contributed by atoms with Crippen LogP contribution in [0.1, 0.15) is 24.5 Å². The van der Waals surface area contributed by atoms with Gasteiger partial charge in [0.1, 0.15) is 22.8 Å². The third kappa shape index (κ3) is 2.15. The topological polar surface area (TPSA) is 204 Å². The van der Waals surface area contributed by atoms with Crippen LogP contribution in [-0.4, -0.2) is 54.6 Å². The zero-order chi connectivity index (χ0) is 22.3. The first-order chi connectivity index (χ1) is 13.9. The normalized spacial score (nSPS) is 35.7. The van der Waals surface area contributed by atoms with Crippen LogP contribution in [0.15, 0.2) is 35.1 Å². The number of primary amides is 1. The highest BCUT2D eigenvalue weighted by molar-refractivity contribution is 6.24. The van der Waals surface area contributed by atoms with Gasteiger partial charge in [0.25, 0.3) is 5.91 Å². The molecule has 1 aromatic carbocycles. The molecule has 0 bridgehead atoms. The van der Waals surface area contributed by atoms with E-state index in [1.807, 2.05) is 0 Å². The number of hydrogen-bond donors (Lipinski definition) is 7. The number of hydrogen-bond acceptors (Lipinski definition) is 9. The fourth-order valence-corrected chi connectivity index (χ4v) is 4.97. The quantitative estimate of drug-likeness (QED) is 0.281. The lowest BCUT2D eigenvalue weighted by atomic mass is 9.55. The minimum absolute atomic E-state index is 0.139. The lowest BCUT2D eigenvalue weighted by Gasteiger charge is -2.51. The number of aliphatic hydroxyl groups is 4. The number of aromatic hydroxyl groups is 1. The Hall–Kier alpha value is -3.21. The molecule has 1 fully saturated rings. The zero-order valence-corrected chi connectivity index (χ0v) is 15.8. The largest absolute Gasteiger partial charge is 0.508 e. The molecule has 0 aliphatic heterocycles. The number of nitrogens with two attached hydrogens (primary N) is 2. The van der Waals surface area contributed by atoms with Crippen molar-refractivity contribution < 1.29 is 39.9 Å². The maximum Gasteiger partial charge on any atom is 0.255 e. The van der Waals surface area contributed by atoms with Crippen LogP contribution in [0.5, 0.6) is 5.75 Å². The molecule has 1 unspecified atom stereocenters. The van der Waals surface area contributed by atoms with Crippen molar-refractivity contribution in [3.05, 3.63) is 46.2 Å². The fraction of sp³-hybridized carbons (Fsp3) is 0.350. The molecule has 0 heterocycles. The molecule has 10 heteroatoms. The first-order valence-electron chi connectivity index (χ1n) is 9.15. The highest BCUT2D eigenvalue weighted by atomic mass is 16.3. The second-order valence-corrected chi connectivity index (χ2v) is 8.08. The number of ketones is 2. The third-order valence-corrected chi connectivity index (χ3v) is 6.55. The van der Waals surface area contributed by atoms with E-state index < -0.39 is 75.0 Å². The van der Waals surface area contributed by atoms with E-state index >= 15 is 0 Å². The first kappa shape index (κ1) is 20.1. The smallest absolute Gasteiger partial charge is 0.255 e. The van der Waals surface area contributed by atoms with Gasteiger partial charge >= 0.3 is 0 Å². The van der Waals surface area contributed by atoms with Crippen molar-refractivity contribution >= 4 is 23.2 Å². The minimum Gasteiger partial charge on any atom is -0.508 e. The van der Waals surface area contributed by atoms with Gasteiger partial charge in [0.15, 0.2) is 11.4 Å². The third-order valence-electron chi connectivity index (χ3n) is 6.55. The molecule has 9 N–H and O–H groups in total. The van der Waals surface area contributed by atoms with Crippen molar-refractivity contribution in [3.8, 4) is 5.75 Å². The van der Waals surface area contributed by atoms with Crippen molar-refractivity contribution in [1.29, 1.82) is 0 Å². The molecule has 158 valence electrons. The summed E-state index contributed by atoms with van der Waals surface area (Å²) in [4.78, 5) is 37.6. The van der Waals surface area contributed by atoms with Crippen LogP contribution in [0.2, 0.25) is 0 Å². The van der Waals surface area contributed by atoms with Crippen LogP contribution in [0, 0.1) is 11.8 Å². The van der Waals surface area contributed by atoms with E-state index in [0.29, 0.717) is 0 Å². The summed E-state index contributed by atoms with van der Waals surface area (Å²) in [6.45, 7) is 1.36. The van der Waals surface area contributed by atoms with Crippen LogP contribution in [-0.2, 0) is 20.0 Å². The molecular formula is C20H20N2O8. The van der Waals surface area contributed by atoms with E-state index in [-0.39, 0.29) is 17.5 Å². The molecule has 0 saturated heterocycles. The van der Waals surface area contributed by atoms with E-state index in [0.717, 1.165) is 0 Å². The van der Waals surface area contributed by atoms with Crippen LogP contribution < -0.4 is 11.5 Å². The van der Waals surface area contributed by atoms with E-state index in [4.69, 9.17) is 11.5 Å². The lowest BCUT2D eigenvalue weighted by molar-refractivity contribution is -0.154. The molecule has 4 rings (SSSR count). The summed E-state index contributed by atoms with van der Waals surface area (Å²) >= 11 is 0. The average Bonchev–Trinajstić information content (AvgIpc) is 2.66. The highest BCUT2D eigenvalue weighted by Gasteiger charge is 2.65. The van der Waals surface area contributed by atoms with Gasteiger partial charge in [0, 0.05) is 17.4 Å². The summed E-state index contributed by atoms with van der Waals surface area (Å²) in [5, 5.41) is 54.0. The van der Waals surface area contributed by atoms with Crippen LogP contribution in [0.3, 0.4) is 0 Å². The molecular weight excluding hydrogens is 396 g/mol. The number of carbonyl (C=O) groups excluding carboxylic acids is 3. The Bertz CT molecular complexity index is 1100. The molecule has 1 saturated carbocycles. The highest BCUT2D eigenvalue weighted by Crippen LogP contribution is 2.56. The summed E-state index contributed by atoms with van der Waals surface area (Å²) in [5.74, 6) is -8.49. The van der Waals surface area contributed by atoms with Gasteiger partial charge in [-0.25, -0.2) is 0 Å². The first-order valence-corrected chi connectivity index (χ1v) is 9.15. The Morgan fingerprint density at radius 1 is 1.17 bits per heavy atom. The Kier molecular flexibility index (Phi) is 3.95. The number of carbonyl (C=O) groups is 3. The van der Waals surface area contributed by atoms with Gasteiger partial charge in [0.2, 0.25) is 5.78 Å².